The van der Waals surface area contributed by atoms with E-state index >= 15 is 0 Å². The Hall–Kier alpha value is -0.530. The van der Waals surface area contributed by atoms with E-state index < -0.39 is 9.84 Å². The van der Waals surface area contributed by atoms with Crippen LogP contribution in [0.3, 0.4) is 0 Å². The molecule has 1 aromatic heterocycles. The Kier molecular flexibility index (Phi) is 3.79. The molecule has 0 atom stereocenters. The van der Waals surface area contributed by atoms with Crippen LogP contribution >= 0.6 is 24.0 Å². The van der Waals surface area contributed by atoms with Crippen molar-refractivity contribution in [2.45, 2.75) is 11.3 Å². The van der Waals surface area contributed by atoms with E-state index in [2.05, 4.69) is 12.6 Å². The largest absolute Gasteiger partial charge is 0.337 e. The normalized spacial score (nSPS) is 19.9. The van der Waals surface area contributed by atoms with Gasteiger partial charge >= 0.3 is 0 Å². The predicted molar refractivity (Wildman–Crippen MR) is 70.7 cm³/mol. The zero-order valence-electron chi connectivity index (χ0n) is 9.13. The third-order valence-electron chi connectivity index (χ3n) is 2.64. The van der Waals surface area contributed by atoms with Crippen LogP contribution in [0, 0.1) is 0 Å². The van der Waals surface area contributed by atoms with Gasteiger partial charge in [-0.2, -0.15) is 0 Å². The van der Waals surface area contributed by atoms with Crippen LogP contribution in [0.15, 0.2) is 16.3 Å². The van der Waals surface area contributed by atoms with Crippen LogP contribution in [0.4, 0.5) is 0 Å². The number of carbonyl (C=O) groups excluding carboxylic acids is 1. The van der Waals surface area contributed by atoms with Crippen LogP contribution in [0.5, 0.6) is 0 Å². The molecule has 0 saturated carbocycles. The molecule has 1 aliphatic rings. The Labute approximate surface area is 110 Å². The molecule has 1 aromatic rings. The minimum atomic E-state index is -2.97. The molecular formula is C10H13NO3S3. The zero-order valence-corrected chi connectivity index (χ0v) is 11.7. The standard InChI is InChI=1S/C10H13NO3S3/c12-10(9-6-8(15)7-16-9)11-2-1-4-17(13,14)5-3-11/h6-7,15H,1-5H2. The Morgan fingerprint density at radius 2 is 2.12 bits per heavy atom. The molecule has 1 aliphatic heterocycles. The van der Waals surface area contributed by atoms with E-state index in [0.29, 0.717) is 24.4 Å². The summed E-state index contributed by atoms with van der Waals surface area (Å²) >= 11 is 5.50. The van der Waals surface area contributed by atoms with Crippen LogP contribution in [-0.2, 0) is 9.84 Å². The van der Waals surface area contributed by atoms with E-state index in [-0.39, 0.29) is 17.4 Å². The number of hydrogen-bond acceptors (Lipinski definition) is 5. The summed E-state index contributed by atoms with van der Waals surface area (Å²) in [5, 5.41) is 1.80. The third kappa shape index (κ3) is 3.23. The number of rotatable bonds is 1. The van der Waals surface area contributed by atoms with Gasteiger partial charge in [-0.05, 0) is 12.5 Å². The van der Waals surface area contributed by atoms with Crippen molar-refractivity contribution in [2.24, 2.45) is 0 Å². The van der Waals surface area contributed by atoms with Gasteiger partial charge in [-0.15, -0.1) is 24.0 Å². The van der Waals surface area contributed by atoms with Crippen LogP contribution in [0.2, 0.25) is 0 Å². The quantitative estimate of drug-likeness (QED) is 0.794. The molecule has 4 nitrogen and oxygen atoms in total. The SMILES string of the molecule is O=C(c1cc(S)cs1)N1CCCS(=O)(=O)CC1. The topological polar surface area (TPSA) is 54.5 Å². The summed E-state index contributed by atoms with van der Waals surface area (Å²) in [7, 11) is -2.97. The molecule has 7 heteroatoms. The van der Waals surface area contributed by atoms with E-state index in [4.69, 9.17) is 0 Å². The zero-order chi connectivity index (χ0) is 12.5. The summed E-state index contributed by atoms with van der Waals surface area (Å²) in [5.74, 6) is 0.157. The first-order valence-electron chi connectivity index (χ1n) is 5.25. The molecule has 0 bridgehead atoms. The maximum atomic E-state index is 12.1. The molecule has 94 valence electrons. The first-order valence-corrected chi connectivity index (χ1v) is 8.40. The second-order valence-electron chi connectivity index (χ2n) is 3.97. The van der Waals surface area contributed by atoms with E-state index in [9.17, 15) is 13.2 Å². The van der Waals surface area contributed by atoms with Crippen molar-refractivity contribution < 1.29 is 13.2 Å². The van der Waals surface area contributed by atoms with E-state index in [1.807, 2.05) is 0 Å². The molecule has 2 heterocycles. The maximum absolute atomic E-state index is 12.1. The smallest absolute Gasteiger partial charge is 0.263 e. The van der Waals surface area contributed by atoms with Crippen LogP contribution in [-0.4, -0.2) is 43.8 Å². The lowest BCUT2D eigenvalue weighted by atomic mass is 10.3. The van der Waals surface area contributed by atoms with Gasteiger partial charge in [0.15, 0.2) is 9.84 Å². The number of sulfone groups is 1. The van der Waals surface area contributed by atoms with Gasteiger partial charge in [0, 0.05) is 23.4 Å². The van der Waals surface area contributed by atoms with Gasteiger partial charge in [0.1, 0.15) is 0 Å². The van der Waals surface area contributed by atoms with Gasteiger partial charge in [-0.25, -0.2) is 8.42 Å². The molecule has 2 rings (SSSR count). The second-order valence-corrected chi connectivity index (χ2v) is 7.70. The molecule has 1 fully saturated rings. The van der Waals surface area contributed by atoms with Gasteiger partial charge in [-0.3, -0.25) is 4.79 Å². The van der Waals surface area contributed by atoms with Crippen molar-refractivity contribution >= 4 is 39.7 Å². The van der Waals surface area contributed by atoms with Crippen molar-refractivity contribution in [3.05, 3.63) is 16.3 Å². The molecule has 0 N–H and O–H groups in total. The second kappa shape index (κ2) is 4.99. The molecule has 0 radical (unpaired) electrons. The first-order chi connectivity index (χ1) is 7.98. The number of amides is 1. The van der Waals surface area contributed by atoms with Crippen molar-refractivity contribution in [1.29, 1.82) is 0 Å². The number of nitrogens with zero attached hydrogens (tertiary/aromatic N) is 1. The Morgan fingerprint density at radius 1 is 1.35 bits per heavy atom. The highest BCUT2D eigenvalue weighted by molar-refractivity contribution is 7.91. The Morgan fingerprint density at radius 3 is 2.76 bits per heavy atom. The minimum Gasteiger partial charge on any atom is -0.337 e. The fourth-order valence-corrected chi connectivity index (χ4v) is 4.12. The van der Waals surface area contributed by atoms with Gasteiger partial charge in [-0.1, -0.05) is 0 Å². The summed E-state index contributed by atoms with van der Waals surface area (Å²) in [6.07, 6.45) is 0.521. The molecule has 1 saturated heterocycles. The molecule has 0 unspecified atom stereocenters. The number of thiol groups is 1. The molecule has 17 heavy (non-hydrogen) atoms. The minimum absolute atomic E-state index is 0.0673. The van der Waals surface area contributed by atoms with Crippen LogP contribution < -0.4 is 0 Å². The average molecular weight is 291 g/mol. The summed E-state index contributed by atoms with van der Waals surface area (Å²) in [5.41, 5.74) is 0. The molecule has 0 aliphatic carbocycles. The van der Waals surface area contributed by atoms with Crippen molar-refractivity contribution in [3.8, 4) is 0 Å². The van der Waals surface area contributed by atoms with E-state index in [1.165, 1.54) is 11.3 Å². The summed E-state index contributed by atoms with van der Waals surface area (Å²) in [6.45, 7) is 0.804. The Bertz CT molecular complexity index is 521. The fraction of sp³-hybridized carbons (Fsp3) is 0.500. The monoisotopic (exact) mass is 291 g/mol. The molecule has 0 spiro atoms. The summed E-state index contributed by atoms with van der Waals surface area (Å²) in [6, 6.07) is 1.72. The summed E-state index contributed by atoms with van der Waals surface area (Å²) in [4.78, 5) is 15.1. The highest BCUT2D eigenvalue weighted by Gasteiger charge is 2.23. The number of carbonyl (C=O) groups is 1. The maximum Gasteiger partial charge on any atom is 0.263 e. The van der Waals surface area contributed by atoms with Crippen molar-refractivity contribution in [3.63, 3.8) is 0 Å². The van der Waals surface area contributed by atoms with Gasteiger partial charge < -0.3 is 4.90 Å². The van der Waals surface area contributed by atoms with Crippen LogP contribution in [0.1, 0.15) is 16.1 Å². The van der Waals surface area contributed by atoms with E-state index in [1.54, 1.807) is 16.3 Å². The molecule has 1 amide bonds. The first kappa shape index (κ1) is 12.9. The predicted octanol–water partition coefficient (Wildman–Crippen LogP) is 1.30. The lowest BCUT2D eigenvalue weighted by Gasteiger charge is -2.18. The number of thiophene rings is 1. The van der Waals surface area contributed by atoms with E-state index in [0.717, 1.165) is 4.90 Å². The lowest BCUT2D eigenvalue weighted by Crippen LogP contribution is -2.33. The summed E-state index contributed by atoms with van der Waals surface area (Å²) < 4.78 is 22.9. The molecule has 0 aromatic carbocycles. The highest BCUT2D eigenvalue weighted by Crippen LogP contribution is 2.20. The van der Waals surface area contributed by atoms with Crippen molar-refractivity contribution in [2.75, 3.05) is 24.6 Å². The highest BCUT2D eigenvalue weighted by atomic mass is 32.2. The number of hydrogen-bond donors (Lipinski definition) is 1. The fourth-order valence-electron chi connectivity index (χ4n) is 1.74. The third-order valence-corrected chi connectivity index (χ3v) is 5.71. The Balaban J connectivity index is 2.10. The van der Waals surface area contributed by atoms with Crippen LogP contribution in [0.25, 0.3) is 0 Å². The van der Waals surface area contributed by atoms with Crippen molar-refractivity contribution in [1.82, 2.24) is 4.90 Å². The van der Waals surface area contributed by atoms with Gasteiger partial charge in [0.2, 0.25) is 0 Å². The average Bonchev–Trinajstić information content (AvgIpc) is 2.60. The molecular weight excluding hydrogens is 278 g/mol. The van der Waals surface area contributed by atoms with Gasteiger partial charge in [0.25, 0.3) is 5.91 Å². The van der Waals surface area contributed by atoms with Gasteiger partial charge in [0.05, 0.1) is 16.4 Å². The lowest BCUT2D eigenvalue weighted by molar-refractivity contribution is 0.0773.